The average molecular weight is 563 g/mol. The van der Waals surface area contributed by atoms with Crippen LogP contribution in [0.1, 0.15) is 168 Å². The van der Waals surface area contributed by atoms with E-state index < -0.39 is 5.97 Å². The molecule has 0 bridgehead atoms. The van der Waals surface area contributed by atoms with Gasteiger partial charge in [0, 0.05) is 6.42 Å². The lowest BCUT2D eigenvalue weighted by Gasteiger charge is -2.40. The fourth-order valence-electron chi connectivity index (χ4n) is 6.73. The van der Waals surface area contributed by atoms with Crippen LogP contribution in [0.15, 0.2) is 24.3 Å². The molecule has 0 aliphatic heterocycles. The molecule has 0 radical (unpaired) electrons. The van der Waals surface area contributed by atoms with Crippen molar-refractivity contribution in [3.8, 4) is 0 Å². The van der Waals surface area contributed by atoms with Gasteiger partial charge in [-0.25, -0.2) is 4.89 Å². The zero-order valence-corrected chi connectivity index (χ0v) is 26.5. The SMILES string of the molecule is CCCCCC=CCC1C(CCCCCC)C=CC(CCCCCCCC(=O)O)C1CCCCCCCCOO. The normalized spacial score (nSPS) is 21.0. The smallest absolute Gasteiger partial charge is 0.303 e. The van der Waals surface area contributed by atoms with Gasteiger partial charge in [-0.05, 0) is 75.0 Å². The van der Waals surface area contributed by atoms with Crippen molar-refractivity contribution in [1.82, 2.24) is 0 Å². The molecule has 4 atom stereocenters. The highest BCUT2D eigenvalue weighted by atomic mass is 17.1. The van der Waals surface area contributed by atoms with E-state index in [-0.39, 0.29) is 0 Å². The first-order chi connectivity index (χ1) is 19.6. The predicted octanol–water partition coefficient (Wildman–Crippen LogP) is 11.6. The molecular weight excluding hydrogens is 496 g/mol. The van der Waals surface area contributed by atoms with E-state index in [0.29, 0.717) is 18.9 Å². The molecule has 0 fully saturated rings. The van der Waals surface area contributed by atoms with Crippen molar-refractivity contribution in [3.63, 3.8) is 0 Å². The molecule has 2 N–H and O–H groups in total. The van der Waals surface area contributed by atoms with Crippen LogP contribution in [-0.4, -0.2) is 22.9 Å². The van der Waals surface area contributed by atoms with Gasteiger partial charge in [-0.1, -0.05) is 134 Å². The summed E-state index contributed by atoms with van der Waals surface area (Å²) in [7, 11) is 0. The molecule has 40 heavy (non-hydrogen) atoms. The van der Waals surface area contributed by atoms with Gasteiger partial charge in [-0.3, -0.25) is 10.1 Å². The van der Waals surface area contributed by atoms with E-state index in [4.69, 9.17) is 10.4 Å². The number of carboxylic acids is 1. The largest absolute Gasteiger partial charge is 0.481 e. The Morgan fingerprint density at radius 1 is 0.650 bits per heavy atom. The topological polar surface area (TPSA) is 66.8 Å². The monoisotopic (exact) mass is 562 g/mol. The fourth-order valence-corrected chi connectivity index (χ4v) is 6.73. The Bertz CT molecular complexity index is 628. The third-order valence-electron chi connectivity index (χ3n) is 9.15. The Hall–Kier alpha value is -1.13. The van der Waals surface area contributed by atoms with Gasteiger partial charge in [0.15, 0.2) is 0 Å². The summed E-state index contributed by atoms with van der Waals surface area (Å²) in [5, 5.41) is 17.4. The second kappa shape index (κ2) is 26.7. The van der Waals surface area contributed by atoms with Crippen molar-refractivity contribution in [1.29, 1.82) is 0 Å². The minimum absolute atomic E-state index is 0.315. The number of rotatable bonds is 28. The fraction of sp³-hybridized carbons (Fsp3) is 0.861. The molecule has 0 aromatic carbocycles. The number of carboxylic acid groups (broad SMARTS) is 1. The zero-order chi connectivity index (χ0) is 29.1. The number of allylic oxidation sites excluding steroid dienone is 4. The molecule has 0 saturated carbocycles. The van der Waals surface area contributed by atoms with Crippen molar-refractivity contribution >= 4 is 5.97 Å². The van der Waals surface area contributed by atoms with Crippen molar-refractivity contribution in [3.05, 3.63) is 24.3 Å². The minimum atomic E-state index is -0.663. The summed E-state index contributed by atoms with van der Waals surface area (Å²) in [5.41, 5.74) is 0. The third-order valence-corrected chi connectivity index (χ3v) is 9.15. The average Bonchev–Trinajstić information content (AvgIpc) is 2.95. The maximum Gasteiger partial charge on any atom is 0.303 e. The molecule has 1 rings (SSSR count). The van der Waals surface area contributed by atoms with E-state index in [0.717, 1.165) is 43.4 Å². The molecule has 0 heterocycles. The molecule has 0 spiro atoms. The van der Waals surface area contributed by atoms with Crippen LogP contribution in [0.2, 0.25) is 0 Å². The Kier molecular flexibility index (Phi) is 24.7. The maximum atomic E-state index is 10.8. The van der Waals surface area contributed by atoms with Gasteiger partial charge in [0.05, 0.1) is 6.61 Å². The quantitative estimate of drug-likeness (QED) is 0.0430. The first-order valence-corrected chi connectivity index (χ1v) is 17.4. The predicted molar refractivity (Wildman–Crippen MR) is 171 cm³/mol. The van der Waals surface area contributed by atoms with Gasteiger partial charge in [0.25, 0.3) is 0 Å². The van der Waals surface area contributed by atoms with Crippen LogP contribution in [0.25, 0.3) is 0 Å². The molecule has 0 aromatic rings. The van der Waals surface area contributed by atoms with Crippen LogP contribution >= 0.6 is 0 Å². The summed E-state index contributed by atoms with van der Waals surface area (Å²) in [5.74, 6) is 2.33. The molecule has 1 aliphatic carbocycles. The highest BCUT2D eigenvalue weighted by molar-refractivity contribution is 5.66. The summed E-state index contributed by atoms with van der Waals surface area (Å²) < 4.78 is 0. The number of carbonyl (C=O) groups is 1. The van der Waals surface area contributed by atoms with Crippen molar-refractivity contribution in [2.75, 3.05) is 6.61 Å². The molecule has 0 aromatic heterocycles. The van der Waals surface area contributed by atoms with Crippen LogP contribution in [0, 0.1) is 23.7 Å². The molecule has 4 unspecified atom stereocenters. The molecule has 4 heteroatoms. The van der Waals surface area contributed by atoms with Gasteiger partial charge in [0.1, 0.15) is 0 Å². The number of aliphatic carboxylic acids is 1. The van der Waals surface area contributed by atoms with E-state index in [2.05, 4.69) is 43.0 Å². The molecule has 4 nitrogen and oxygen atoms in total. The molecule has 1 aliphatic rings. The lowest BCUT2D eigenvalue weighted by Crippen LogP contribution is -2.31. The van der Waals surface area contributed by atoms with Gasteiger partial charge in [-0.2, -0.15) is 0 Å². The lowest BCUT2D eigenvalue weighted by molar-refractivity contribution is -0.242. The zero-order valence-electron chi connectivity index (χ0n) is 26.5. The van der Waals surface area contributed by atoms with Crippen molar-refractivity contribution in [2.24, 2.45) is 23.7 Å². The van der Waals surface area contributed by atoms with E-state index in [1.807, 2.05) is 0 Å². The summed E-state index contributed by atoms with van der Waals surface area (Å²) in [6, 6.07) is 0. The molecule has 0 amide bonds. The molecule has 234 valence electrons. The van der Waals surface area contributed by atoms with Crippen molar-refractivity contribution in [2.45, 2.75) is 168 Å². The Balaban J connectivity index is 2.76. The van der Waals surface area contributed by atoms with Crippen LogP contribution in [0.5, 0.6) is 0 Å². The maximum absolute atomic E-state index is 10.8. The van der Waals surface area contributed by atoms with E-state index in [1.54, 1.807) is 0 Å². The summed E-state index contributed by atoms with van der Waals surface area (Å²) in [6.45, 7) is 5.05. The van der Waals surface area contributed by atoms with Crippen LogP contribution in [-0.2, 0) is 9.68 Å². The van der Waals surface area contributed by atoms with Gasteiger partial charge < -0.3 is 5.11 Å². The van der Waals surface area contributed by atoms with Gasteiger partial charge in [0.2, 0.25) is 0 Å². The van der Waals surface area contributed by atoms with E-state index in [1.165, 1.54) is 122 Å². The highest BCUT2D eigenvalue weighted by Crippen LogP contribution is 2.44. The highest BCUT2D eigenvalue weighted by Gasteiger charge is 2.34. The lowest BCUT2D eigenvalue weighted by atomic mass is 9.65. The van der Waals surface area contributed by atoms with E-state index in [9.17, 15) is 4.79 Å². The van der Waals surface area contributed by atoms with Crippen LogP contribution in [0.4, 0.5) is 0 Å². The van der Waals surface area contributed by atoms with Gasteiger partial charge in [-0.15, -0.1) is 0 Å². The number of unbranched alkanes of at least 4 members (excludes halogenated alkanes) is 15. The van der Waals surface area contributed by atoms with E-state index >= 15 is 0 Å². The Morgan fingerprint density at radius 3 is 1.80 bits per heavy atom. The summed E-state index contributed by atoms with van der Waals surface area (Å²) >= 11 is 0. The second-order valence-corrected chi connectivity index (χ2v) is 12.5. The Labute approximate surface area is 248 Å². The number of hydrogen-bond acceptors (Lipinski definition) is 3. The first-order valence-electron chi connectivity index (χ1n) is 17.4. The third kappa shape index (κ3) is 19.1. The van der Waals surface area contributed by atoms with Crippen LogP contribution in [0.3, 0.4) is 0 Å². The van der Waals surface area contributed by atoms with Crippen molar-refractivity contribution < 1.29 is 20.0 Å². The standard InChI is InChI=1S/C36H66O4/c1-3-5-7-9-14-20-26-34-32(24-18-8-6-4-2)29-30-33(25-19-13-12-16-22-28-36(37)38)35(34)27-21-15-10-11-17-23-31-40-39/h14,20,29-30,32-35,39H,3-13,15-19,21-28,31H2,1-2H3,(H,37,38). The minimum Gasteiger partial charge on any atom is -0.481 e. The first kappa shape index (κ1) is 36.9. The summed E-state index contributed by atoms with van der Waals surface area (Å²) in [6.07, 6.45) is 39.2. The van der Waals surface area contributed by atoms with Crippen LogP contribution < -0.4 is 0 Å². The number of hydrogen-bond donors (Lipinski definition) is 2. The summed E-state index contributed by atoms with van der Waals surface area (Å²) in [4.78, 5) is 15.0. The second-order valence-electron chi connectivity index (χ2n) is 12.5. The molecule has 0 saturated heterocycles. The Morgan fingerprint density at radius 2 is 1.18 bits per heavy atom. The molecular formula is C36H66O4. The van der Waals surface area contributed by atoms with Gasteiger partial charge >= 0.3 is 5.97 Å².